The van der Waals surface area contributed by atoms with Gasteiger partial charge in [-0.2, -0.15) is 5.26 Å². The van der Waals surface area contributed by atoms with Crippen LogP contribution in [0.2, 0.25) is 0 Å². The molecular formula is C23H18N4O2S. The zero-order valence-electron chi connectivity index (χ0n) is 16.2. The number of guanidine groups is 1. The summed E-state index contributed by atoms with van der Waals surface area (Å²) in [7, 11) is 1.64. The number of carbonyl (C=O) groups is 1. The average molecular weight is 414 g/mol. The summed E-state index contributed by atoms with van der Waals surface area (Å²) in [5.74, 6) is 0.670. The fourth-order valence-corrected chi connectivity index (χ4v) is 4.87. The van der Waals surface area contributed by atoms with Crippen LogP contribution >= 0.6 is 11.3 Å². The Morgan fingerprint density at radius 3 is 2.77 bits per heavy atom. The van der Waals surface area contributed by atoms with Crippen LogP contribution in [0.5, 0.6) is 5.75 Å². The third kappa shape index (κ3) is 2.69. The second-order valence-electron chi connectivity index (χ2n) is 7.42. The molecule has 30 heavy (non-hydrogen) atoms. The minimum Gasteiger partial charge on any atom is -0.484 e. The Morgan fingerprint density at radius 1 is 1.23 bits per heavy atom. The van der Waals surface area contributed by atoms with Crippen molar-refractivity contribution in [2.75, 3.05) is 7.05 Å². The highest BCUT2D eigenvalue weighted by molar-refractivity contribution is 7.10. The summed E-state index contributed by atoms with van der Waals surface area (Å²) in [4.78, 5) is 20.5. The molecule has 0 saturated heterocycles. The number of rotatable bonds is 2. The molecule has 2 unspecified atom stereocenters. The standard InChI is InChI=1S/C23H18N4O2S/c1-27-21(28)23(26-22(27)25)12-19(20-6-3-9-30-20)29-18-8-7-16(11-17(18)23)15-5-2-4-14(10-15)13-24/h2-11,19H,12H2,1H3,(H2,25,26). The molecule has 0 saturated carbocycles. The molecule has 7 heteroatoms. The summed E-state index contributed by atoms with van der Waals surface area (Å²) in [6.07, 6.45) is 0.101. The van der Waals surface area contributed by atoms with E-state index in [0.29, 0.717) is 23.3 Å². The van der Waals surface area contributed by atoms with E-state index in [1.54, 1.807) is 24.5 Å². The molecule has 3 heterocycles. The van der Waals surface area contributed by atoms with Crippen molar-refractivity contribution in [3.05, 3.63) is 76.0 Å². The molecule has 2 aliphatic rings. The molecule has 5 rings (SSSR count). The first kappa shape index (κ1) is 18.4. The van der Waals surface area contributed by atoms with E-state index in [1.807, 2.05) is 53.9 Å². The molecule has 2 aromatic carbocycles. The number of thiophene rings is 1. The van der Waals surface area contributed by atoms with Crippen molar-refractivity contribution in [2.24, 2.45) is 10.7 Å². The van der Waals surface area contributed by atoms with Gasteiger partial charge in [0.25, 0.3) is 5.91 Å². The highest BCUT2D eigenvalue weighted by Crippen LogP contribution is 2.51. The predicted molar refractivity (Wildman–Crippen MR) is 115 cm³/mol. The number of fused-ring (bicyclic) bond motifs is 2. The summed E-state index contributed by atoms with van der Waals surface area (Å²) < 4.78 is 6.29. The summed E-state index contributed by atoms with van der Waals surface area (Å²) in [5, 5.41) is 11.2. The van der Waals surface area contributed by atoms with Gasteiger partial charge >= 0.3 is 0 Å². The van der Waals surface area contributed by atoms with Crippen LogP contribution in [0.25, 0.3) is 11.1 Å². The first-order valence-corrected chi connectivity index (χ1v) is 10.4. The predicted octanol–water partition coefficient (Wildman–Crippen LogP) is 3.79. The number of aliphatic imine (C=N–C) groups is 1. The van der Waals surface area contributed by atoms with E-state index in [-0.39, 0.29) is 18.0 Å². The van der Waals surface area contributed by atoms with Crippen molar-refractivity contribution in [2.45, 2.75) is 18.1 Å². The van der Waals surface area contributed by atoms with Gasteiger partial charge in [-0.3, -0.25) is 9.69 Å². The third-order valence-corrected chi connectivity index (χ3v) is 6.63. The molecule has 0 aliphatic carbocycles. The van der Waals surface area contributed by atoms with Crippen molar-refractivity contribution in [3.8, 4) is 22.9 Å². The summed E-state index contributed by atoms with van der Waals surface area (Å²) in [6, 6.07) is 19.3. The summed E-state index contributed by atoms with van der Waals surface area (Å²) >= 11 is 1.59. The highest BCUT2D eigenvalue weighted by Gasteiger charge is 2.53. The number of hydrogen-bond donors (Lipinski definition) is 1. The van der Waals surface area contributed by atoms with Gasteiger partial charge in [0.05, 0.1) is 11.6 Å². The van der Waals surface area contributed by atoms with Crippen LogP contribution in [-0.2, 0) is 10.3 Å². The van der Waals surface area contributed by atoms with Crippen molar-refractivity contribution >= 4 is 23.2 Å². The lowest BCUT2D eigenvalue weighted by atomic mass is 9.80. The van der Waals surface area contributed by atoms with E-state index in [1.165, 1.54) is 4.90 Å². The lowest BCUT2D eigenvalue weighted by molar-refractivity contribution is -0.132. The number of likely N-dealkylation sites (N-methyl/N-ethyl adjacent to an activating group) is 1. The first-order valence-electron chi connectivity index (χ1n) is 9.50. The van der Waals surface area contributed by atoms with Gasteiger partial charge in [0, 0.05) is 23.9 Å². The van der Waals surface area contributed by atoms with Crippen molar-refractivity contribution in [1.82, 2.24) is 4.90 Å². The first-order chi connectivity index (χ1) is 14.5. The van der Waals surface area contributed by atoms with Crippen LogP contribution < -0.4 is 10.5 Å². The van der Waals surface area contributed by atoms with Crippen LogP contribution in [0.1, 0.15) is 28.5 Å². The lowest BCUT2D eigenvalue weighted by Crippen LogP contribution is -2.43. The minimum atomic E-state index is -1.12. The monoisotopic (exact) mass is 414 g/mol. The number of carbonyl (C=O) groups excluding carboxylic acids is 1. The molecule has 2 N–H and O–H groups in total. The maximum Gasteiger partial charge on any atom is 0.261 e. The van der Waals surface area contributed by atoms with E-state index in [9.17, 15) is 10.1 Å². The van der Waals surface area contributed by atoms with Gasteiger partial charge in [-0.15, -0.1) is 11.3 Å². The van der Waals surface area contributed by atoms with Crippen LogP contribution in [-0.4, -0.2) is 23.8 Å². The molecule has 6 nitrogen and oxygen atoms in total. The van der Waals surface area contributed by atoms with Gasteiger partial charge < -0.3 is 10.5 Å². The molecule has 0 bridgehead atoms. The maximum atomic E-state index is 13.4. The third-order valence-electron chi connectivity index (χ3n) is 5.67. The molecule has 1 aromatic heterocycles. The molecule has 148 valence electrons. The second kappa shape index (κ2) is 6.71. The smallest absolute Gasteiger partial charge is 0.261 e. The summed E-state index contributed by atoms with van der Waals surface area (Å²) in [6.45, 7) is 0. The Morgan fingerprint density at radius 2 is 2.07 bits per heavy atom. The second-order valence-corrected chi connectivity index (χ2v) is 8.40. The Labute approximate surface area is 177 Å². The number of nitriles is 1. The number of hydrogen-bond acceptors (Lipinski definition) is 6. The van der Waals surface area contributed by atoms with Crippen molar-refractivity contribution in [1.29, 1.82) is 5.26 Å². The molecule has 0 radical (unpaired) electrons. The van der Waals surface area contributed by atoms with E-state index in [0.717, 1.165) is 16.0 Å². The van der Waals surface area contributed by atoms with E-state index in [4.69, 9.17) is 10.5 Å². The Hall–Kier alpha value is -3.63. The number of amides is 1. The summed E-state index contributed by atoms with van der Waals surface area (Å²) in [5.41, 5.74) is 8.00. The van der Waals surface area contributed by atoms with Gasteiger partial charge in [-0.05, 0) is 46.8 Å². The van der Waals surface area contributed by atoms with Gasteiger partial charge in [0.15, 0.2) is 11.5 Å². The minimum absolute atomic E-state index is 0.158. The van der Waals surface area contributed by atoms with Crippen molar-refractivity contribution < 1.29 is 9.53 Å². The fraction of sp³-hybridized carbons (Fsp3) is 0.174. The number of nitrogens with two attached hydrogens (primary N) is 1. The molecule has 1 spiro atoms. The SMILES string of the molecule is CN1C(=O)C2(CC(c3cccs3)Oc3ccc(-c4cccc(C#N)c4)cc32)N=C1N. The highest BCUT2D eigenvalue weighted by atomic mass is 32.1. The van der Waals surface area contributed by atoms with Gasteiger partial charge in [-0.1, -0.05) is 24.3 Å². The van der Waals surface area contributed by atoms with E-state index in [2.05, 4.69) is 11.1 Å². The van der Waals surface area contributed by atoms with Crippen molar-refractivity contribution in [3.63, 3.8) is 0 Å². The molecular weight excluding hydrogens is 396 g/mol. The quantitative estimate of drug-likeness (QED) is 0.691. The zero-order valence-corrected chi connectivity index (χ0v) is 17.0. The molecule has 0 fully saturated rings. The average Bonchev–Trinajstić information content (AvgIpc) is 3.38. The van der Waals surface area contributed by atoms with E-state index >= 15 is 0 Å². The molecule has 2 aliphatic heterocycles. The van der Waals surface area contributed by atoms with Crippen LogP contribution in [0.15, 0.2) is 65.0 Å². The van der Waals surface area contributed by atoms with E-state index < -0.39 is 5.54 Å². The number of ether oxygens (including phenoxy) is 1. The van der Waals surface area contributed by atoms with Crippen LogP contribution in [0.3, 0.4) is 0 Å². The zero-order chi connectivity index (χ0) is 20.9. The van der Waals surface area contributed by atoms with Crippen LogP contribution in [0, 0.1) is 11.3 Å². The van der Waals surface area contributed by atoms with Crippen LogP contribution in [0.4, 0.5) is 0 Å². The fourth-order valence-electron chi connectivity index (χ4n) is 4.12. The largest absolute Gasteiger partial charge is 0.484 e. The van der Waals surface area contributed by atoms with Gasteiger partial charge in [-0.25, -0.2) is 4.99 Å². The molecule has 1 amide bonds. The lowest BCUT2D eigenvalue weighted by Gasteiger charge is -2.36. The Kier molecular flexibility index (Phi) is 4.12. The Balaban J connectivity index is 1.68. The Bertz CT molecular complexity index is 1230. The topological polar surface area (TPSA) is 91.7 Å². The number of nitrogens with zero attached hydrogens (tertiary/aromatic N) is 3. The van der Waals surface area contributed by atoms with Gasteiger partial charge in [0.2, 0.25) is 0 Å². The van der Waals surface area contributed by atoms with Gasteiger partial charge in [0.1, 0.15) is 11.9 Å². The number of benzene rings is 2. The molecule has 2 atom stereocenters. The maximum absolute atomic E-state index is 13.4. The normalized spacial score (nSPS) is 22.4. The molecule has 3 aromatic rings.